The molecule has 2 bridgehead atoms. The van der Waals surface area contributed by atoms with Crippen molar-refractivity contribution < 1.29 is 13.9 Å². The molecule has 3 aromatic rings. The molecule has 1 amide bonds. The molecule has 6 rings (SSSR count). The molecule has 1 atom stereocenters. The zero-order valence-corrected chi connectivity index (χ0v) is 17.2. The molecule has 3 aliphatic rings. The van der Waals surface area contributed by atoms with Gasteiger partial charge in [0.15, 0.2) is 5.76 Å². The van der Waals surface area contributed by atoms with Gasteiger partial charge in [-0.1, -0.05) is 36.4 Å². The predicted octanol–water partition coefficient (Wildman–Crippen LogP) is 4.35. The van der Waals surface area contributed by atoms with E-state index < -0.39 is 0 Å². The van der Waals surface area contributed by atoms with Crippen LogP contribution in [0.2, 0.25) is 0 Å². The molecule has 0 unspecified atom stereocenters. The number of fused-ring (bicyclic) bond motifs is 4. The van der Waals surface area contributed by atoms with Gasteiger partial charge in [0.05, 0.1) is 7.11 Å². The molecule has 3 fully saturated rings. The maximum atomic E-state index is 12.9. The molecule has 0 spiro atoms. The van der Waals surface area contributed by atoms with Gasteiger partial charge >= 0.3 is 0 Å². The van der Waals surface area contributed by atoms with Crippen LogP contribution in [0.3, 0.4) is 0 Å². The topological polar surface area (TPSA) is 54.7 Å². The summed E-state index contributed by atoms with van der Waals surface area (Å²) < 4.78 is 11.6. The van der Waals surface area contributed by atoms with Crippen LogP contribution in [0, 0.1) is 5.92 Å². The van der Waals surface area contributed by atoms with E-state index >= 15 is 0 Å². The van der Waals surface area contributed by atoms with Crippen molar-refractivity contribution in [1.82, 2.24) is 10.2 Å². The number of para-hydroxylation sites is 2. The summed E-state index contributed by atoms with van der Waals surface area (Å²) in [4.78, 5) is 15.3. The standard InChI is InChI=1S/C23H24N2O3.ClH/c1-27-20-8-3-2-6-17(20)18-7-4-5-16-13-21(28-22(16)18)23(26)24-19-14-25-11-9-15(19)10-12-25;/h2-8,13,15,19H,9-12,14H2,1H3,(H,24,26);1H/t19-;/m1./s1. The molecular weight excluding hydrogens is 388 g/mol. The van der Waals surface area contributed by atoms with E-state index in [1.54, 1.807) is 7.11 Å². The summed E-state index contributed by atoms with van der Waals surface area (Å²) in [6.07, 6.45) is 2.34. The Morgan fingerprint density at radius 1 is 1.10 bits per heavy atom. The molecular formula is C23H25ClN2O3. The maximum absolute atomic E-state index is 12.9. The van der Waals surface area contributed by atoms with Crippen molar-refractivity contribution in [2.45, 2.75) is 18.9 Å². The minimum absolute atomic E-state index is 0. The fraction of sp³-hybridized carbons (Fsp3) is 0.348. The second-order valence-corrected chi connectivity index (χ2v) is 7.75. The average Bonchev–Trinajstić information content (AvgIpc) is 3.19. The van der Waals surface area contributed by atoms with Gasteiger partial charge in [-0.05, 0) is 44.0 Å². The van der Waals surface area contributed by atoms with Crippen molar-refractivity contribution in [2.75, 3.05) is 26.7 Å². The number of methoxy groups -OCH3 is 1. The molecule has 3 aliphatic heterocycles. The number of rotatable bonds is 4. The highest BCUT2D eigenvalue weighted by molar-refractivity contribution is 6.00. The van der Waals surface area contributed by atoms with Crippen LogP contribution in [-0.4, -0.2) is 43.6 Å². The van der Waals surface area contributed by atoms with E-state index in [9.17, 15) is 4.79 Å². The third kappa shape index (κ3) is 3.61. The van der Waals surface area contributed by atoms with Crippen LogP contribution in [0.25, 0.3) is 22.1 Å². The lowest BCUT2D eigenvalue weighted by atomic mass is 9.84. The lowest BCUT2D eigenvalue weighted by Gasteiger charge is -2.44. The number of halogens is 1. The molecule has 0 aliphatic carbocycles. The molecule has 4 heterocycles. The van der Waals surface area contributed by atoms with Crippen molar-refractivity contribution in [3.8, 4) is 16.9 Å². The second kappa shape index (κ2) is 8.09. The SMILES string of the molecule is COc1ccccc1-c1cccc2cc(C(=O)N[C@@H]3CN4CCC3CC4)oc12.Cl. The Hall–Kier alpha value is -2.50. The number of benzene rings is 2. The maximum Gasteiger partial charge on any atom is 0.287 e. The molecule has 0 saturated carbocycles. The summed E-state index contributed by atoms with van der Waals surface area (Å²) in [6, 6.07) is 15.9. The molecule has 3 saturated heterocycles. The summed E-state index contributed by atoms with van der Waals surface area (Å²) in [7, 11) is 1.66. The fourth-order valence-corrected chi connectivity index (χ4v) is 4.62. The summed E-state index contributed by atoms with van der Waals surface area (Å²) >= 11 is 0. The van der Waals surface area contributed by atoms with Crippen LogP contribution in [0.15, 0.2) is 52.9 Å². The Labute approximate surface area is 176 Å². The fourth-order valence-electron chi connectivity index (χ4n) is 4.62. The minimum atomic E-state index is -0.124. The van der Waals surface area contributed by atoms with E-state index in [1.165, 1.54) is 12.8 Å². The number of furan rings is 1. The van der Waals surface area contributed by atoms with E-state index in [4.69, 9.17) is 9.15 Å². The molecule has 6 heteroatoms. The number of hydrogen-bond acceptors (Lipinski definition) is 4. The molecule has 2 aromatic carbocycles. The van der Waals surface area contributed by atoms with Crippen LogP contribution in [0.4, 0.5) is 0 Å². The van der Waals surface area contributed by atoms with Crippen molar-refractivity contribution in [1.29, 1.82) is 0 Å². The van der Waals surface area contributed by atoms with Crippen LogP contribution < -0.4 is 10.1 Å². The van der Waals surface area contributed by atoms with E-state index in [2.05, 4.69) is 10.2 Å². The van der Waals surface area contributed by atoms with Gasteiger partial charge in [-0.15, -0.1) is 12.4 Å². The number of hydrogen-bond donors (Lipinski definition) is 1. The van der Waals surface area contributed by atoms with Gasteiger partial charge in [-0.2, -0.15) is 0 Å². The third-order valence-corrected chi connectivity index (χ3v) is 6.14. The molecule has 0 radical (unpaired) electrons. The largest absolute Gasteiger partial charge is 0.496 e. The number of nitrogens with one attached hydrogen (secondary N) is 1. The van der Waals surface area contributed by atoms with Gasteiger partial charge in [-0.3, -0.25) is 4.79 Å². The van der Waals surface area contributed by atoms with Crippen LogP contribution in [0.1, 0.15) is 23.4 Å². The number of ether oxygens (including phenoxy) is 1. The highest BCUT2D eigenvalue weighted by atomic mass is 35.5. The van der Waals surface area contributed by atoms with Gasteiger partial charge in [-0.25, -0.2) is 0 Å². The first-order valence-corrected chi connectivity index (χ1v) is 9.92. The number of nitrogens with zero attached hydrogens (tertiary/aromatic N) is 1. The van der Waals surface area contributed by atoms with Crippen molar-refractivity contribution >= 4 is 29.3 Å². The lowest BCUT2D eigenvalue weighted by molar-refractivity contribution is 0.0607. The van der Waals surface area contributed by atoms with Crippen LogP contribution in [-0.2, 0) is 0 Å². The number of piperidine rings is 3. The van der Waals surface area contributed by atoms with Gasteiger partial charge in [0, 0.05) is 29.1 Å². The molecule has 5 nitrogen and oxygen atoms in total. The average molecular weight is 413 g/mol. The van der Waals surface area contributed by atoms with Gasteiger partial charge < -0.3 is 19.4 Å². The predicted molar refractivity (Wildman–Crippen MR) is 116 cm³/mol. The normalized spacial score (nSPS) is 22.9. The first-order valence-electron chi connectivity index (χ1n) is 9.92. The second-order valence-electron chi connectivity index (χ2n) is 7.75. The first-order chi connectivity index (χ1) is 13.7. The zero-order valence-electron chi connectivity index (χ0n) is 16.4. The Morgan fingerprint density at radius 2 is 1.86 bits per heavy atom. The molecule has 1 N–H and O–H groups in total. The van der Waals surface area contributed by atoms with Gasteiger partial charge in [0.2, 0.25) is 0 Å². The summed E-state index contributed by atoms with van der Waals surface area (Å²) in [6.45, 7) is 3.26. The summed E-state index contributed by atoms with van der Waals surface area (Å²) in [5.74, 6) is 1.61. The van der Waals surface area contributed by atoms with Crippen molar-refractivity contribution in [3.05, 3.63) is 54.3 Å². The van der Waals surface area contributed by atoms with E-state index in [1.807, 2.05) is 48.5 Å². The third-order valence-electron chi connectivity index (χ3n) is 6.14. The highest BCUT2D eigenvalue weighted by Crippen LogP contribution is 2.36. The van der Waals surface area contributed by atoms with E-state index in [-0.39, 0.29) is 24.4 Å². The van der Waals surface area contributed by atoms with Gasteiger partial charge in [0.1, 0.15) is 11.3 Å². The van der Waals surface area contributed by atoms with E-state index in [0.717, 1.165) is 41.9 Å². The first kappa shape index (κ1) is 19.8. The monoisotopic (exact) mass is 412 g/mol. The Morgan fingerprint density at radius 3 is 2.59 bits per heavy atom. The van der Waals surface area contributed by atoms with Crippen molar-refractivity contribution in [3.63, 3.8) is 0 Å². The van der Waals surface area contributed by atoms with Crippen molar-refractivity contribution in [2.24, 2.45) is 5.92 Å². The zero-order chi connectivity index (χ0) is 19.1. The smallest absolute Gasteiger partial charge is 0.287 e. The number of carbonyl (C=O) groups excluding carboxylic acids is 1. The summed E-state index contributed by atoms with van der Waals surface area (Å²) in [5.41, 5.74) is 2.59. The minimum Gasteiger partial charge on any atom is -0.496 e. The number of amides is 1. The Balaban J connectivity index is 0.00000205. The number of carbonyl (C=O) groups is 1. The molecule has 1 aromatic heterocycles. The molecule has 152 valence electrons. The van der Waals surface area contributed by atoms with E-state index in [0.29, 0.717) is 17.3 Å². The quantitative estimate of drug-likeness (QED) is 0.692. The van der Waals surface area contributed by atoms with Gasteiger partial charge in [0.25, 0.3) is 5.91 Å². The summed E-state index contributed by atoms with van der Waals surface area (Å²) in [5, 5.41) is 4.13. The van der Waals surface area contributed by atoms with Crippen LogP contribution in [0.5, 0.6) is 5.75 Å². The highest BCUT2D eigenvalue weighted by Gasteiger charge is 2.35. The molecule has 29 heavy (non-hydrogen) atoms. The Bertz CT molecular complexity index is 1020. The lowest BCUT2D eigenvalue weighted by Crippen LogP contribution is -2.57. The Kier molecular flexibility index (Phi) is 5.52. The van der Waals surface area contributed by atoms with Crippen LogP contribution >= 0.6 is 12.4 Å².